The third-order valence-corrected chi connectivity index (χ3v) is 8.73. The molecule has 3 aromatic rings. The molecule has 37 heavy (non-hydrogen) atoms. The molecule has 198 valence electrons. The number of aromatic nitrogens is 3. The predicted octanol–water partition coefficient (Wildman–Crippen LogP) is 3.30. The number of aromatic amines is 1. The minimum Gasteiger partial charge on any atom is -0.381 e. The van der Waals surface area contributed by atoms with E-state index in [1.807, 2.05) is 23.7 Å². The molecular weight excluding hydrogens is 470 g/mol. The number of nitrogens with zero attached hydrogens (tertiary/aromatic N) is 3. The smallest absolute Gasteiger partial charge is 0.259 e. The number of ether oxygens (including phenoxy) is 2. The summed E-state index contributed by atoms with van der Waals surface area (Å²) in [6, 6.07) is 4.06. The summed E-state index contributed by atoms with van der Waals surface area (Å²) in [5.74, 6) is -0.0866. The van der Waals surface area contributed by atoms with Gasteiger partial charge in [0.05, 0.1) is 41.9 Å². The van der Waals surface area contributed by atoms with Crippen LogP contribution in [0.1, 0.15) is 66.9 Å². The van der Waals surface area contributed by atoms with E-state index in [2.05, 4.69) is 20.3 Å². The summed E-state index contributed by atoms with van der Waals surface area (Å²) in [6.07, 6.45) is 9.26. The maximum Gasteiger partial charge on any atom is 0.259 e. The monoisotopic (exact) mass is 507 g/mol. The van der Waals surface area contributed by atoms with Crippen molar-refractivity contribution >= 4 is 27.7 Å². The van der Waals surface area contributed by atoms with Gasteiger partial charge in [-0.3, -0.25) is 19.2 Å². The van der Waals surface area contributed by atoms with Crippen molar-refractivity contribution < 1.29 is 14.3 Å². The Labute approximate surface area is 216 Å². The fraction of sp³-hybridized carbons (Fsp3) is 0.607. The van der Waals surface area contributed by atoms with Crippen molar-refractivity contribution in [1.82, 2.24) is 25.0 Å². The Morgan fingerprint density at radius 2 is 1.81 bits per heavy atom. The van der Waals surface area contributed by atoms with Crippen LogP contribution in [-0.4, -0.2) is 77.2 Å². The van der Waals surface area contributed by atoms with Gasteiger partial charge in [-0.25, -0.2) is 0 Å². The molecule has 6 rings (SSSR count). The van der Waals surface area contributed by atoms with Crippen molar-refractivity contribution in [3.05, 3.63) is 39.8 Å². The first-order valence-electron chi connectivity index (χ1n) is 13.8. The number of hydrogen-bond donors (Lipinski definition) is 2. The number of fused-ring (bicyclic) bond motifs is 3. The summed E-state index contributed by atoms with van der Waals surface area (Å²) in [4.78, 5) is 32.0. The number of aryl methyl sites for hydroxylation is 1. The van der Waals surface area contributed by atoms with Crippen LogP contribution in [0.4, 0.5) is 0 Å². The fourth-order valence-corrected chi connectivity index (χ4v) is 6.64. The van der Waals surface area contributed by atoms with E-state index in [-0.39, 0.29) is 23.0 Å². The lowest BCUT2D eigenvalue weighted by Crippen LogP contribution is -2.59. The minimum atomic E-state index is -0.176. The number of pyridine rings is 1. The number of morpholine rings is 1. The van der Waals surface area contributed by atoms with Gasteiger partial charge in [-0.05, 0) is 50.3 Å². The molecule has 0 bridgehead atoms. The highest BCUT2D eigenvalue weighted by molar-refractivity contribution is 6.07. The van der Waals surface area contributed by atoms with Crippen molar-refractivity contribution in [2.45, 2.75) is 63.5 Å². The van der Waals surface area contributed by atoms with Crippen LogP contribution >= 0.6 is 0 Å². The van der Waals surface area contributed by atoms with Crippen LogP contribution in [0, 0.1) is 6.92 Å². The topological polar surface area (TPSA) is 101 Å². The van der Waals surface area contributed by atoms with Crippen LogP contribution in [0.5, 0.6) is 0 Å². The average Bonchev–Trinajstić information content (AvgIpc) is 3.40. The van der Waals surface area contributed by atoms with Crippen LogP contribution in [0.3, 0.4) is 0 Å². The lowest BCUT2D eigenvalue weighted by Gasteiger charge is -2.48. The molecule has 0 unspecified atom stereocenters. The Morgan fingerprint density at radius 3 is 2.57 bits per heavy atom. The lowest BCUT2D eigenvalue weighted by molar-refractivity contribution is -0.0361. The second kappa shape index (κ2) is 10.2. The molecule has 2 saturated heterocycles. The highest BCUT2D eigenvalue weighted by atomic mass is 16.5. The Balaban J connectivity index is 1.31. The van der Waals surface area contributed by atoms with Crippen molar-refractivity contribution in [3.63, 3.8) is 0 Å². The van der Waals surface area contributed by atoms with Gasteiger partial charge in [-0.15, -0.1) is 0 Å². The second-order valence-corrected chi connectivity index (χ2v) is 10.9. The molecule has 1 amide bonds. The largest absolute Gasteiger partial charge is 0.381 e. The third kappa shape index (κ3) is 4.57. The van der Waals surface area contributed by atoms with Gasteiger partial charge in [0, 0.05) is 49.3 Å². The summed E-state index contributed by atoms with van der Waals surface area (Å²) < 4.78 is 13.1. The molecule has 4 heterocycles. The van der Waals surface area contributed by atoms with Crippen LogP contribution in [0.2, 0.25) is 0 Å². The number of nitrogens with one attached hydrogen (secondary N) is 2. The van der Waals surface area contributed by atoms with Gasteiger partial charge in [0.15, 0.2) is 0 Å². The van der Waals surface area contributed by atoms with Crippen molar-refractivity contribution in [2.75, 3.05) is 46.1 Å². The molecule has 2 aromatic heterocycles. The molecule has 1 aliphatic carbocycles. The van der Waals surface area contributed by atoms with E-state index in [0.717, 1.165) is 68.5 Å². The molecule has 9 heteroatoms. The van der Waals surface area contributed by atoms with Crippen LogP contribution in [0.25, 0.3) is 21.8 Å². The van der Waals surface area contributed by atoms with Gasteiger partial charge in [-0.1, -0.05) is 19.3 Å². The molecule has 0 spiro atoms. The normalized spacial score (nSPS) is 21.4. The Hall–Kier alpha value is -2.75. The highest BCUT2D eigenvalue weighted by Gasteiger charge is 2.39. The van der Waals surface area contributed by atoms with Crippen molar-refractivity contribution in [3.8, 4) is 0 Å². The third-order valence-electron chi connectivity index (χ3n) is 8.73. The Morgan fingerprint density at radius 1 is 1.08 bits per heavy atom. The summed E-state index contributed by atoms with van der Waals surface area (Å²) in [5, 5.41) is 9.38. The highest BCUT2D eigenvalue weighted by Crippen LogP contribution is 2.34. The van der Waals surface area contributed by atoms with Crippen LogP contribution in [-0.2, 0) is 9.47 Å². The van der Waals surface area contributed by atoms with E-state index in [1.54, 1.807) is 6.20 Å². The van der Waals surface area contributed by atoms with Gasteiger partial charge in [0.1, 0.15) is 0 Å². The zero-order valence-electron chi connectivity index (χ0n) is 21.7. The Bertz CT molecular complexity index is 1340. The molecule has 0 radical (unpaired) electrons. The van der Waals surface area contributed by atoms with Crippen molar-refractivity contribution in [2.24, 2.45) is 0 Å². The first kappa shape index (κ1) is 24.6. The molecule has 3 fully saturated rings. The zero-order chi connectivity index (χ0) is 25.4. The number of benzene rings is 1. The standard InChI is InChI=1S/C28H37N5O4/c1-19-15-22-24(31-27(35)23-17-30-33(25(22)23)20-5-11-36-12-6-20)16-21(19)26(34)29-18-28(7-3-2-4-8-28)32-9-13-37-14-10-32/h15-17,20H,2-14,18H2,1H3,(H,29,34)(H,31,35). The molecule has 1 saturated carbocycles. The minimum absolute atomic E-state index is 0.000863. The molecule has 0 atom stereocenters. The van der Waals surface area contributed by atoms with Crippen LogP contribution in [0.15, 0.2) is 23.1 Å². The van der Waals surface area contributed by atoms with E-state index in [9.17, 15) is 9.59 Å². The molecule has 2 aliphatic heterocycles. The first-order valence-corrected chi connectivity index (χ1v) is 13.8. The van der Waals surface area contributed by atoms with E-state index in [0.29, 0.717) is 36.2 Å². The summed E-state index contributed by atoms with van der Waals surface area (Å²) in [5.41, 5.74) is 2.83. The predicted molar refractivity (Wildman–Crippen MR) is 142 cm³/mol. The number of hydrogen-bond acceptors (Lipinski definition) is 6. The van der Waals surface area contributed by atoms with Gasteiger partial charge in [0.2, 0.25) is 0 Å². The van der Waals surface area contributed by atoms with E-state index >= 15 is 0 Å². The van der Waals surface area contributed by atoms with Gasteiger partial charge >= 0.3 is 0 Å². The summed E-state index contributed by atoms with van der Waals surface area (Å²) in [6.45, 7) is 7.35. The number of amides is 1. The van der Waals surface area contributed by atoms with Crippen molar-refractivity contribution in [1.29, 1.82) is 0 Å². The number of carbonyl (C=O) groups excluding carboxylic acids is 1. The zero-order valence-corrected chi connectivity index (χ0v) is 21.7. The number of H-pyrrole nitrogens is 1. The molecule has 2 N–H and O–H groups in total. The van der Waals surface area contributed by atoms with Gasteiger partial charge < -0.3 is 19.8 Å². The lowest BCUT2D eigenvalue weighted by atomic mass is 9.79. The van der Waals surface area contributed by atoms with Gasteiger partial charge in [-0.2, -0.15) is 5.10 Å². The summed E-state index contributed by atoms with van der Waals surface area (Å²) in [7, 11) is 0. The SMILES string of the molecule is Cc1cc2c(cc1C(=O)NCC1(N3CCOCC3)CCCCC1)[nH]c(=O)c1cnn(C3CCOCC3)c12. The van der Waals surface area contributed by atoms with E-state index in [4.69, 9.17) is 9.47 Å². The van der Waals surface area contributed by atoms with E-state index in [1.165, 1.54) is 19.3 Å². The fourth-order valence-electron chi connectivity index (χ4n) is 6.64. The average molecular weight is 508 g/mol. The Kier molecular flexibility index (Phi) is 6.77. The number of rotatable bonds is 5. The molecular formula is C28H37N5O4. The quantitative estimate of drug-likeness (QED) is 0.550. The number of carbonyl (C=O) groups is 1. The van der Waals surface area contributed by atoms with Gasteiger partial charge in [0.25, 0.3) is 11.5 Å². The first-order chi connectivity index (χ1) is 18.1. The molecule has 3 aliphatic rings. The summed E-state index contributed by atoms with van der Waals surface area (Å²) >= 11 is 0. The molecule has 1 aromatic carbocycles. The van der Waals surface area contributed by atoms with Crippen LogP contribution < -0.4 is 10.9 Å². The maximum absolute atomic E-state index is 13.5. The second-order valence-electron chi connectivity index (χ2n) is 10.9. The molecule has 9 nitrogen and oxygen atoms in total. The maximum atomic E-state index is 13.5. The van der Waals surface area contributed by atoms with E-state index < -0.39 is 0 Å².